The predicted molar refractivity (Wildman–Crippen MR) is 180 cm³/mol. The van der Waals surface area contributed by atoms with Crippen molar-refractivity contribution in [2.45, 2.75) is 0 Å². The van der Waals surface area contributed by atoms with E-state index in [-0.39, 0.29) is 0 Å². The Morgan fingerprint density at radius 1 is 0.312 bits per heavy atom. The zero-order valence-corrected chi connectivity index (χ0v) is 25.1. The summed E-state index contributed by atoms with van der Waals surface area (Å²) in [6.07, 6.45) is 15.1. The van der Waals surface area contributed by atoms with Crippen LogP contribution < -0.4 is 0 Å². The van der Waals surface area contributed by atoms with Gasteiger partial charge in [0.1, 0.15) is 18.2 Å². The van der Waals surface area contributed by atoms with Crippen molar-refractivity contribution >= 4 is 0 Å². The van der Waals surface area contributed by atoms with Crippen LogP contribution in [0.1, 0.15) is 16.7 Å². The normalized spacial score (nSPS) is 10.4. The molecule has 0 aliphatic carbocycles. The zero-order chi connectivity index (χ0) is 32.9. The molecule has 0 N–H and O–H groups in total. The molecule has 0 fully saturated rings. The highest BCUT2D eigenvalue weighted by Crippen LogP contribution is 2.34. The van der Waals surface area contributed by atoms with Crippen LogP contribution in [0.2, 0.25) is 0 Å². The highest BCUT2D eigenvalue weighted by atomic mass is 14.7. The third-order valence-electron chi connectivity index (χ3n) is 7.71. The van der Waals surface area contributed by atoms with Crippen molar-refractivity contribution < 1.29 is 0 Å². The molecule has 0 aliphatic heterocycles. The molecule has 0 saturated heterocycles. The Morgan fingerprint density at radius 3 is 0.875 bits per heavy atom. The van der Waals surface area contributed by atoms with Crippen molar-refractivity contribution in [3.05, 3.63) is 145 Å². The SMILES string of the molecule is N#Cc1cncc(-c2ccc(-c3cc(-c4ccc(-c5cncc(C#N)c5)nc4)cc(-c4ccc(-c5cncc(C#N)c5)nc4)c3)cn2)c1. The molecule has 6 heterocycles. The number of hydrogen-bond donors (Lipinski definition) is 0. The Labute approximate surface area is 275 Å². The van der Waals surface area contributed by atoms with Crippen LogP contribution >= 0.6 is 0 Å². The molecule has 0 spiro atoms. The Morgan fingerprint density at radius 2 is 0.625 bits per heavy atom. The van der Waals surface area contributed by atoms with Crippen molar-refractivity contribution in [2.75, 3.05) is 0 Å². The van der Waals surface area contributed by atoms with E-state index in [4.69, 9.17) is 15.0 Å². The van der Waals surface area contributed by atoms with Gasteiger partial charge in [0, 0.05) is 89.2 Å². The summed E-state index contributed by atoms with van der Waals surface area (Å²) in [5, 5.41) is 27.8. The minimum Gasteiger partial charge on any atom is -0.263 e. The second kappa shape index (κ2) is 12.9. The highest BCUT2D eigenvalue weighted by Gasteiger charge is 2.12. The molecule has 9 heteroatoms. The first kappa shape index (κ1) is 29.3. The van der Waals surface area contributed by atoms with Gasteiger partial charge in [-0.3, -0.25) is 29.9 Å². The molecule has 1 aromatic carbocycles. The van der Waals surface area contributed by atoms with E-state index in [1.807, 2.05) is 55.0 Å². The zero-order valence-electron chi connectivity index (χ0n) is 25.1. The van der Waals surface area contributed by atoms with Crippen LogP contribution in [0.15, 0.2) is 129 Å². The molecule has 0 bridgehead atoms. The summed E-state index contributed by atoms with van der Waals surface area (Å²) in [5.41, 5.74) is 11.4. The van der Waals surface area contributed by atoms with Gasteiger partial charge in [0.2, 0.25) is 0 Å². The lowest BCUT2D eigenvalue weighted by atomic mass is 9.94. The molecule has 222 valence electrons. The first-order chi connectivity index (χ1) is 23.6. The van der Waals surface area contributed by atoms with E-state index in [1.165, 1.54) is 18.6 Å². The number of rotatable bonds is 6. The second-order valence-electron chi connectivity index (χ2n) is 10.8. The maximum Gasteiger partial charge on any atom is 0.101 e. The predicted octanol–water partition coefficient (Wildman–Crippen LogP) is 7.67. The topological polar surface area (TPSA) is 149 Å². The summed E-state index contributed by atoms with van der Waals surface area (Å²) in [6.45, 7) is 0. The van der Waals surface area contributed by atoms with Crippen LogP contribution in [-0.4, -0.2) is 29.9 Å². The maximum atomic E-state index is 9.28. The Kier molecular flexibility index (Phi) is 7.88. The number of pyridine rings is 6. The number of benzene rings is 1. The van der Waals surface area contributed by atoms with Crippen LogP contribution in [0.3, 0.4) is 0 Å². The number of nitriles is 3. The molecule has 0 saturated carbocycles. The lowest BCUT2D eigenvalue weighted by Crippen LogP contribution is -1.91. The van der Waals surface area contributed by atoms with Gasteiger partial charge in [0.15, 0.2) is 0 Å². The van der Waals surface area contributed by atoms with Crippen molar-refractivity contribution in [1.29, 1.82) is 15.8 Å². The number of nitrogens with zero attached hydrogens (tertiary/aromatic N) is 9. The van der Waals surface area contributed by atoms with Gasteiger partial charge in [0.25, 0.3) is 0 Å². The van der Waals surface area contributed by atoms with Crippen LogP contribution in [-0.2, 0) is 0 Å². The molecule has 0 amide bonds. The summed E-state index contributed by atoms with van der Waals surface area (Å²) < 4.78 is 0. The summed E-state index contributed by atoms with van der Waals surface area (Å²) in [7, 11) is 0. The van der Waals surface area contributed by atoms with Gasteiger partial charge in [0.05, 0.1) is 33.8 Å². The van der Waals surface area contributed by atoms with Crippen LogP contribution in [0.25, 0.3) is 67.2 Å². The fourth-order valence-corrected chi connectivity index (χ4v) is 5.26. The van der Waals surface area contributed by atoms with Crippen LogP contribution in [0.5, 0.6) is 0 Å². The highest BCUT2D eigenvalue weighted by molar-refractivity contribution is 5.82. The van der Waals surface area contributed by atoms with Gasteiger partial charge in [-0.05, 0) is 71.3 Å². The summed E-state index contributed by atoms with van der Waals surface area (Å²) >= 11 is 0. The van der Waals surface area contributed by atoms with Crippen LogP contribution in [0, 0.1) is 34.0 Å². The molecule has 6 aromatic heterocycles. The van der Waals surface area contributed by atoms with Gasteiger partial charge in [-0.2, -0.15) is 15.8 Å². The van der Waals surface area contributed by atoms with Crippen molar-refractivity contribution in [1.82, 2.24) is 29.9 Å². The van der Waals surface area contributed by atoms with E-state index in [1.54, 1.807) is 36.8 Å². The molecule has 9 nitrogen and oxygen atoms in total. The lowest BCUT2D eigenvalue weighted by molar-refractivity contribution is 1.26. The first-order valence-electron chi connectivity index (χ1n) is 14.7. The standard InChI is InChI=1S/C39H21N9/c40-13-25-7-34(19-43-16-25)37-4-1-28(22-46-37)31-10-32(29-2-5-38(47-23-29)35-8-26(14-41)17-44-20-35)12-33(11-31)30-3-6-39(48-24-30)36-9-27(15-42)18-45-21-36/h1-12,16-24H. The number of aromatic nitrogens is 6. The fourth-order valence-electron chi connectivity index (χ4n) is 5.26. The van der Waals surface area contributed by atoms with Gasteiger partial charge in [-0.25, -0.2) is 0 Å². The van der Waals surface area contributed by atoms with Gasteiger partial charge in [-0.1, -0.05) is 18.2 Å². The Balaban J connectivity index is 1.28. The number of hydrogen-bond acceptors (Lipinski definition) is 9. The molecular formula is C39H21N9. The van der Waals surface area contributed by atoms with E-state index < -0.39 is 0 Å². The molecule has 7 rings (SSSR count). The Bertz CT molecular complexity index is 2130. The van der Waals surface area contributed by atoms with E-state index >= 15 is 0 Å². The lowest BCUT2D eigenvalue weighted by Gasteiger charge is -2.12. The minimum absolute atomic E-state index is 0.470. The van der Waals surface area contributed by atoms with Crippen molar-refractivity contribution in [3.63, 3.8) is 0 Å². The largest absolute Gasteiger partial charge is 0.263 e. The maximum absolute atomic E-state index is 9.28. The second-order valence-corrected chi connectivity index (χ2v) is 10.8. The summed E-state index contributed by atoms with van der Waals surface area (Å²) in [6, 6.07) is 29.7. The van der Waals surface area contributed by atoms with E-state index in [0.29, 0.717) is 33.8 Å². The minimum atomic E-state index is 0.470. The van der Waals surface area contributed by atoms with E-state index in [2.05, 4.69) is 51.4 Å². The molecule has 0 radical (unpaired) electrons. The fraction of sp³-hybridized carbons (Fsp3) is 0. The van der Waals surface area contributed by atoms with Gasteiger partial charge in [-0.15, -0.1) is 0 Å². The molecule has 48 heavy (non-hydrogen) atoms. The van der Waals surface area contributed by atoms with E-state index in [0.717, 1.165) is 50.1 Å². The smallest absolute Gasteiger partial charge is 0.101 e. The summed E-state index contributed by atoms with van der Waals surface area (Å²) in [5.74, 6) is 0. The molecule has 0 atom stereocenters. The third kappa shape index (κ3) is 6.09. The van der Waals surface area contributed by atoms with Crippen LogP contribution in [0.4, 0.5) is 0 Å². The van der Waals surface area contributed by atoms with E-state index in [9.17, 15) is 15.8 Å². The third-order valence-corrected chi connectivity index (χ3v) is 7.71. The molecule has 0 aliphatic rings. The summed E-state index contributed by atoms with van der Waals surface area (Å²) in [4.78, 5) is 26.6. The van der Waals surface area contributed by atoms with Crippen molar-refractivity contribution in [2.24, 2.45) is 0 Å². The van der Waals surface area contributed by atoms with Crippen molar-refractivity contribution in [3.8, 4) is 85.4 Å². The molecule has 7 aromatic rings. The monoisotopic (exact) mass is 615 g/mol. The van der Waals surface area contributed by atoms with Gasteiger partial charge < -0.3 is 0 Å². The van der Waals surface area contributed by atoms with Gasteiger partial charge >= 0.3 is 0 Å². The molecule has 0 unspecified atom stereocenters. The average molecular weight is 616 g/mol. The Hall–Kier alpha value is -7.41. The first-order valence-corrected chi connectivity index (χ1v) is 14.7. The quantitative estimate of drug-likeness (QED) is 0.184. The average Bonchev–Trinajstić information content (AvgIpc) is 3.18. The molecular weight excluding hydrogens is 594 g/mol.